The van der Waals surface area contributed by atoms with Crippen LogP contribution in [0.25, 0.3) is 11.2 Å². The van der Waals surface area contributed by atoms with E-state index in [4.69, 9.17) is 4.74 Å². The van der Waals surface area contributed by atoms with Gasteiger partial charge in [0.15, 0.2) is 34.7 Å². The van der Waals surface area contributed by atoms with E-state index in [1.165, 1.54) is 35.4 Å². The molecular weight excluding hydrogens is 426 g/mol. The highest BCUT2D eigenvalue weighted by Crippen LogP contribution is 2.32. The standard InChI is InChI=1S/C19H21N5O8/c25-5-12-14(28)15(29)18(32-12)24-7-22-13-16(20-6-21-17(13)24)23-9(19(30)31)3-8-1-2-10(26)11(27)4-8/h1-2,4,6-7,9,12,14-15,18,25-29H,3,5H2,(H,30,31)(H,20,21,23)/t9-,12+,14-,15?,18+/m0/s1. The predicted molar refractivity (Wildman–Crippen MR) is 107 cm³/mol. The summed E-state index contributed by atoms with van der Waals surface area (Å²) in [6.45, 7) is -0.490. The number of phenolic OH excluding ortho intramolecular Hbond substituents is 2. The monoisotopic (exact) mass is 447 g/mol. The highest BCUT2D eigenvalue weighted by Gasteiger charge is 2.44. The zero-order valence-electron chi connectivity index (χ0n) is 16.5. The van der Waals surface area contributed by atoms with Crippen molar-refractivity contribution in [3.05, 3.63) is 36.4 Å². The Morgan fingerprint density at radius 1 is 1.16 bits per heavy atom. The quantitative estimate of drug-likeness (QED) is 0.217. The average Bonchev–Trinajstić information content (AvgIpc) is 3.32. The first-order valence-electron chi connectivity index (χ1n) is 9.60. The molecule has 3 aromatic rings. The van der Waals surface area contributed by atoms with Crippen LogP contribution in [0.2, 0.25) is 0 Å². The molecule has 1 aliphatic rings. The molecule has 0 amide bonds. The Morgan fingerprint density at radius 2 is 1.94 bits per heavy atom. The number of aliphatic hydroxyl groups excluding tert-OH is 3. The summed E-state index contributed by atoms with van der Waals surface area (Å²) in [5.74, 6) is -1.77. The number of hydrogen-bond acceptors (Lipinski definition) is 11. The molecule has 0 bridgehead atoms. The molecule has 13 nitrogen and oxygen atoms in total. The fourth-order valence-electron chi connectivity index (χ4n) is 3.55. The van der Waals surface area contributed by atoms with Crippen LogP contribution in [0.5, 0.6) is 11.5 Å². The summed E-state index contributed by atoms with van der Waals surface area (Å²) >= 11 is 0. The van der Waals surface area contributed by atoms with Gasteiger partial charge in [-0.3, -0.25) is 4.57 Å². The van der Waals surface area contributed by atoms with Crippen LogP contribution < -0.4 is 5.32 Å². The number of imidazole rings is 1. The van der Waals surface area contributed by atoms with Crippen molar-refractivity contribution in [1.29, 1.82) is 0 Å². The van der Waals surface area contributed by atoms with Crippen LogP contribution >= 0.6 is 0 Å². The summed E-state index contributed by atoms with van der Waals surface area (Å²) in [5, 5.41) is 61.1. The number of carboxylic acid groups (broad SMARTS) is 1. The molecule has 170 valence electrons. The molecule has 0 spiro atoms. The Bertz CT molecular complexity index is 1140. The molecule has 7 N–H and O–H groups in total. The molecule has 13 heteroatoms. The van der Waals surface area contributed by atoms with Gasteiger partial charge < -0.3 is 40.7 Å². The molecule has 4 rings (SSSR count). The number of aromatic nitrogens is 4. The van der Waals surface area contributed by atoms with Crippen LogP contribution in [0.15, 0.2) is 30.9 Å². The molecule has 1 aliphatic heterocycles. The molecule has 1 aromatic carbocycles. The van der Waals surface area contributed by atoms with E-state index >= 15 is 0 Å². The van der Waals surface area contributed by atoms with Gasteiger partial charge in [-0.1, -0.05) is 6.07 Å². The van der Waals surface area contributed by atoms with Gasteiger partial charge in [0.1, 0.15) is 30.7 Å². The smallest absolute Gasteiger partial charge is 0.326 e. The molecular formula is C19H21N5O8. The average molecular weight is 447 g/mol. The van der Waals surface area contributed by atoms with Crippen LogP contribution in [0.1, 0.15) is 11.8 Å². The number of carbonyl (C=O) groups is 1. The molecule has 0 aliphatic carbocycles. The lowest BCUT2D eigenvalue weighted by atomic mass is 10.1. The van der Waals surface area contributed by atoms with E-state index in [-0.39, 0.29) is 34.9 Å². The van der Waals surface area contributed by atoms with Gasteiger partial charge in [-0.25, -0.2) is 19.7 Å². The van der Waals surface area contributed by atoms with E-state index < -0.39 is 43.2 Å². The van der Waals surface area contributed by atoms with E-state index in [9.17, 15) is 35.4 Å². The summed E-state index contributed by atoms with van der Waals surface area (Å²) in [5.41, 5.74) is 0.872. The number of nitrogens with zero attached hydrogens (tertiary/aromatic N) is 4. The van der Waals surface area contributed by atoms with Crippen molar-refractivity contribution in [3.63, 3.8) is 0 Å². The van der Waals surface area contributed by atoms with Gasteiger partial charge in [0.2, 0.25) is 0 Å². The van der Waals surface area contributed by atoms with Crippen molar-refractivity contribution in [2.24, 2.45) is 0 Å². The number of aliphatic hydroxyl groups is 3. The largest absolute Gasteiger partial charge is 0.504 e. The summed E-state index contributed by atoms with van der Waals surface area (Å²) < 4.78 is 6.86. The Hall–Kier alpha value is -3.52. The summed E-state index contributed by atoms with van der Waals surface area (Å²) in [6.07, 6.45) is -2.25. The fourth-order valence-corrected chi connectivity index (χ4v) is 3.55. The van der Waals surface area contributed by atoms with Crippen molar-refractivity contribution >= 4 is 23.0 Å². The molecule has 5 atom stereocenters. The second kappa shape index (κ2) is 8.55. The maximum absolute atomic E-state index is 11.8. The van der Waals surface area contributed by atoms with Crippen molar-refractivity contribution in [3.8, 4) is 11.5 Å². The summed E-state index contributed by atoms with van der Waals surface area (Å²) in [4.78, 5) is 24.2. The number of rotatable bonds is 7. The number of ether oxygens (including phenoxy) is 1. The number of anilines is 1. The molecule has 2 aromatic heterocycles. The first kappa shape index (κ1) is 21.7. The van der Waals surface area contributed by atoms with Gasteiger partial charge >= 0.3 is 5.97 Å². The zero-order chi connectivity index (χ0) is 23.0. The van der Waals surface area contributed by atoms with Crippen LogP contribution in [-0.2, 0) is 16.0 Å². The van der Waals surface area contributed by atoms with Gasteiger partial charge in [0.25, 0.3) is 0 Å². The van der Waals surface area contributed by atoms with Gasteiger partial charge in [0, 0.05) is 6.42 Å². The molecule has 0 saturated carbocycles. The number of nitrogens with one attached hydrogen (secondary N) is 1. The molecule has 0 radical (unpaired) electrons. The molecule has 1 fully saturated rings. The zero-order valence-corrected chi connectivity index (χ0v) is 16.5. The van der Waals surface area contributed by atoms with Gasteiger partial charge in [0.05, 0.1) is 12.9 Å². The number of aromatic hydroxyl groups is 2. The lowest BCUT2D eigenvalue weighted by Gasteiger charge is -2.17. The minimum atomic E-state index is -1.34. The van der Waals surface area contributed by atoms with E-state index in [1.54, 1.807) is 0 Å². The lowest BCUT2D eigenvalue weighted by molar-refractivity contribution is -0.137. The minimum absolute atomic E-state index is 0.0375. The number of hydrogen-bond donors (Lipinski definition) is 7. The Morgan fingerprint density at radius 3 is 2.59 bits per heavy atom. The normalized spacial score (nSPS) is 24.0. The highest BCUT2D eigenvalue weighted by molar-refractivity contribution is 5.86. The number of benzene rings is 1. The number of phenols is 2. The van der Waals surface area contributed by atoms with E-state index in [0.717, 1.165) is 0 Å². The summed E-state index contributed by atoms with van der Waals surface area (Å²) in [6, 6.07) is 2.85. The van der Waals surface area contributed by atoms with Gasteiger partial charge in [-0.05, 0) is 17.7 Å². The third-order valence-electron chi connectivity index (χ3n) is 5.24. The summed E-state index contributed by atoms with van der Waals surface area (Å²) in [7, 11) is 0. The van der Waals surface area contributed by atoms with Crippen LogP contribution in [0.4, 0.5) is 5.82 Å². The maximum atomic E-state index is 11.8. The van der Waals surface area contributed by atoms with Crippen molar-refractivity contribution < 1.29 is 40.2 Å². The van der Waals surface area contributed by atoms with Crippen LogP contribution in [-0.4, -0.2) is 87.1 Å². The fraction of sp³-hybridized carbons (Fsp3) is 0.368. The number of carboxylic acids is 1. The highest BCUT2D eigenvalue weighted by atomic mass is 16.6. The maximum Gasteiger partial charge on any atom is 0.326 e. The van der Waals surface area contributed by atoms with Crippen LogP contribution in [0.3, 0.4) is 0 Å². The van der Waals surface area contributed by atoms with E-state index in [2.05, 4.69) is 20.3 Å². The first-order chi connectivity index (χ1) is 15.3. The predicted octanol–water partition coefficient (Wildman–Crippen LogP) is -1.04. The van der Waals surface area contributed by atoms with E-state index in [0.29, 0.717) is 5.56 Å². The number of fused-ring (bicyclic) bond motifs is 1. The topological polar surface area (TPSA) is 203 Å². The molecule has 32 heavy (non-hydrogen) atoms. The van der Waals surface area contributed by atoms with Crippen molar-refractivity contribution in [1.82, 2.24) is 19.5 Å². The van der Waals surface area contributed by atoms with Gasteiger partial charge in [-0.2, -0.15) is 0 Å². The second-order valence-corrected chi connectivity index (χ2v) is 7.34. The minimum Gasteiger partial charge on any atom is -0.504 e. The van der Waals surface area contributed by atoms with E-state index in [1.807, 2.05) is 0 Å². The third kappa shape index (κ3) is 3.89. The van der Waals surface area contributed by atoms with Crippen LogP contribution in [0, 0.1) is 0 Å². The molecule has 3 heterocycles. The lowest BCUT2D eigenvalue weighted by Crippen LogP contribution is -2.33. The first-order valence-corrected chi connectivity index (χ1v) is 9.60. The second-order valence-electron chi connectivity index (χ2n) is 7.34. The number of aliphatic carboxylic acids is 1. The Labute approximate surface area is 180 Å². The molecule has 1 unspecified atom stereocenters. The van der Waals surface area contributed by atoms with Gasteiger partial charge in [-0.15, -0.1) is 0 Å². The van der Waals surface area contributed by atoms with Crippen molar-refractivity contribution in [2.45, 2.75) is 37.0 Å². The molecule has 1 saturated heterocycles. The Kier molecular flexibility index (Phi) is 5.80. The third-order valence-corrected chi connectivity index (χ3v) is 5.24. The van der Waals surface area contributed by atoms with Crippen molar-refractivity contribution in [2.75, 3.05) is 11.9 Å². The SMILES string of the molecule is O=C(O)[C@H](Cc1ccc(O)c(O)c1)Nc1ncnc2c1ncn2[C@@H]1O[C@H](CO)[C@H](O)C1O. The Balaban J connectivity index is 1.61.